The van der Waals surface area contributed by atoms with Gasteiger partial charge in [-0.05, 0) is 234 Å². The molecule has 0 aliphatic carbocycles. The Hall–Kier alpha value is -7.44. The van der Waals surface area contributed by atoms with E-state index in [9.17, 15) is 0 Å². The highest BCUT2D eigenvalue weighted by atomic mass is 16.5. The number of para-hydroxylation sites is 2. The van der Waals surface area contributed by atoms with Crippen molar-refractivity contribution in [1.82, 2.24) is 0 Å². The Kier molecular flexibility index (Phi) is 13.7. The second-order valence-corrected chi connectivity index (χ2v) is 19.3. The zero-order valence-electron chi connectivity index (χ0n) is 42.7. The molecule has 0 radical (unpaired) electrons. The summed E-state index contributed by atoms with van der Waals surface area (Å²) in [6.07, 6.45) is 0. The molecule has 8 aromatic carbocycles. The molecule has 0 saturated heterocycles. The quantitative estimate of drug-likeness (QED) is 0.108. The van der Waals surface area contributed by atoms with Crippen LogP contribution in [-0.2, 0) is 5.41 Å². The molecule has 0 unspecified atom stereocenters. The Labute approximate surface area is 409 Å². The maximum absolute atomic E-state index is 6.69. The van der Waals surface area contributed by atoms with Gasteiger partial charge >= 0.3 is 0 Å². The summed E-state index contributed by atoms with van der Waals surface area (Å²) < 4.78 is 38.9. The van der Waals surface area contributed by atoms with E-state index in [0.717, 1.165) is 136 Å². The lowest BCUT2D eigenvalue weighted by Gasteiger charge is -2.29. The topological polar surface area (TPSA) is 55.4 Å². The van der Waals surface area contributed by atoms with Crippen LogP contribution in [0, 0.1) is 83.1 Å². The van der Waals surface area contributed by atoms with Crippen LogP contribution in [-0.4, -0.2) is 0 Å². The zero-order chi connectivity index (χ0) is 49.3. The van der Waals surface area contributed by atoms with Crippen LogP contribution >= 0.6 is 0 Å². The van der Waals surface area contributed by atoms with Crippen molar-refractivity contribution in [2.24, 2.45) is 0 Å². The van der Waals surface area contributed by atoms with E-state index in [1.54, 1.807) is 0 Å². The van der Waals surface area contributed by atoms with Gasteiger partial charge in [0.15, 0.2) is 0 Å². The van der Waals surface area contributed by atoms with E-state index in [1.807, 2.05) is 113 Å². The number of hydrogen-bond donors (Lipinski definition) is 0. The van der Waals surface area contributed by atoms with Crippen LogP contribution in [0.3, 0.4) is 0 Å². The third-order valence-electron chi connectivity index (χ3n) is 12.9. The van der Waals surface area contributed by atoms with E-state index in [-0.39, 0.29) is 5.41 Å². The van der Waals surface area contributed by atoms with Crippen molar-refractivity contribution < 1.29 is 28.4 Å². The highest BCUT2D eigenvalue weighted by Crippen LogP contribution is 2.44. The van der Waals surface area contributed by atoms with Crippen LogP contribution in [0.1, 0.15) is 91.7 Å². The molecule has 0 atom stereocenters. The van der Waals surface area contributed by atoms with Gasteiger partial charge in [0.05, 0.1) is 0 Å². The van der Waals surface area contributed by atoms with Crippen LogP contribution in [0.15, 0.2) is 133 Å². The normalized spacial score (nSPS) is 11.3. The van der Waals surface area contributed by atoms with Crippen molar-refractivity contribution in [2.75, 3.05) is 0 Å². The lowest BCUT2D eigenvalue weighted by molar-refractivity contribution is 0.453. The third kappa shape index (κ3) is 10.5. The number of ether oxygens (including phenoxy) is 6. The lowest BCUT2D eigenvalue weighted by Crippen LogP contribution is -2.20. The van der Waals surface area contributed by atoms with E-state index >= 15 is 0 Å². The maximum Gasteiger partial charge on any atom is 0.133 e. The summed E-state index contributed by atoms with van der Waals surface area (Å²) in [7, 11) is 0. The van der Waals surface area contributed by atoms with Crippen molar-refractivity contribution >= 4 is 0 Å². The first-order chi connectivity index (χ1) is 32.8. The molecule has 0 heterocycles. The fourth-order valence-electron chi connectivity index (χ4n) is 9.32. The average Bonchev–Trinajstić information content (AvgIpc) is 3.29. The number of rotatable bonds is 14. The van der Waals surface area contributed by atoms with Gasteiger partial charge in [0.2, 0.25) is 0 Å². The smallest absolute Gasteiger partial charge is 0.133 e. The summed E-state index contributed by atoms with van der Waals surface area (Å²) in [5.41, 5.74) is 14.4. The lowest BCUT2D eigenvalue weighted by atomic mass is 9.76. The standard InChI is InChI=1S/C63H64O6/c1-37-25-49(26-38(2)57(37)66-53-33-45(9)61(46(10)34-53)68-55-29-41(5)59(42(6)30-55)64-51-21-17-15-18-22-51)63(13,14)50-27-39(3)58(40(4)28-50)67-54-35-47(11)62(48(12)36-54)69-56-31-43(7)60(44(8)32-56)65-52-23-19-16-20-24-52/h15-36H,1-14H3. The Bertz CT molecular complexity index is 2850. The number of benzene rings is 8. The van der Waals surface area contributed by atoms with Gasteiger partial charge in [-0.15, -0.1) is 0 Å². The number of aryl methyl sites for hydroxylation is 12. The molecular weight excluding hydrogens is 853 g/mol. The average molecular weight is 917 g/mol. The van der Waals surface area contributed by atoms with Crippen molar-refractivity contribution in [3.63, 3.8) is 0 Å². The van der Waals surface area contributed by atoms with Crippen molar-refractivity contribution in [3.8, 4) is 69.0 Å². The molecule has 8 rings (SSSR count). The van der Waals surface area contributed by atoms with Crippen LogP contribution in [0.5, 0.6) is 69.0 Å². The second-order valence-electron chi connectivity index (χ2n) is 19.3. The summed E-state index contributed by atoms with van der Waals surface area (Å²) in [5.74, 6) is 9.73. The van der Waals surface area contributed by atoms with Crippen molar-refractivity contribution in [1.29, 1.82) is 0 Å². The van der Waals surface area contributed by atoms with Gasteiger partial charge in [-0.25, -0.2) is 0 Å². The summed E-state index contributed by atoms with van der Waals surface area (Å²) in [6, 6.07) is 45.1. The molecule has 6 nitrogen and oxygen atoms in total. The van der Waals surface area contributed by atoms with Crippen molar-refractivity contribution in [3.05, 3.63) is 211 Å². The Morgan fingerprint density at radius 3 is 0.609 bits per heavy atom. The SMILES string of the molecule is Cc1cc(Oc2c(C)cc(Oc3c(C)cc(C(C)(C)c4cc(C)c(Oc5cc(C)c(Oc6cc(C)c(Oc7ccccc7)c(C)c6)c(C)c5)c(C)c4)cc3C)cc2C)cc(C)c1Oc1ccccc1. The molecule has 0 spiro atoms. The Morgan fingerprint density at radius 2 is 0.406 bits per heavy atom. The van der Waals surface area contributed by atoms with Gasteiger partial charge in [-0.1, -0.05) is 74.5 Å². The fourth-order valence-corrected chi connectivity index (χ4v) is 9.32. The summed E-state index contributed by atoms with van der Waals surface area (Å²) in [6.45, 7) is 29.5. The number of hydrogen-bond acceptors (Lipinski definition) is 6. The van der Waals surface area contributed by atoms with Crippen LogP contribution in [0.2, 0.25) is 0 Å². The van der Waals surface area contributed by atoms with E-state index in [2.05, 4.69) is 118 Å². The van der Waals surface area contributed by atoms with E-state index in [4.69, 9.17) is 28.4 Å². The van der Waals surface area contributed by atoms with Gasteiger partial charge in [0.25, 0.3) is 0 Å². The van der Waals surface area contributed by atoms with Gasteiger partial charge in [0.1, 0.15) is 69.0 Å². The Balaban J connectivity index is 0.954. The monoisotopic (exact) mass is 916 g/mol. The predicted octanol–water partition coefficient (Wildman–Crippen LogP) is 18.5. The molecule has 0 aliphatic heterocycles. The molecule has 69 heavy (non-hydrogen) atoms. The van der Waals surface area contributed by atoms with Crippen LogP contribution < -0.4 is 28.4 Å². The van der Waals surface area contributed by atoms with Crippen molar-refractivity contribution in [2.45, 2.75) is 102 Å². The molecule has 352 valence electrons. The first-order valence-electron chi connectivity index (χ1n) is 23.7. The highest BCUT2D eigenvalue weighted by Gasteiger charge is 2.27. The van der Waals surface area contributed by atoms with E-state index in [0.29, 0.717) is 0 Å². The van der Waals surface area contributed by atoms with Gasteiger partial charge < -0.3 is 28.4 Å². The molecule has 0 aliphatic rings. The first kappa shape index (κ1) is 48.0. The minimum atomic E-state index is -0.300. The van der Waals surface area contributed by atoms with Gasteiger partial charge in [0, 0.05) is 5.41 Å². The molecule has 0 bridgehead atoms. The summed E-state index contributed by atoms with van der Waals surface area (Å²) >= 11 is 0. The second kappa shape index (κ2) is 19.7. The van der Waals surface area contributed by atoms with E-state index < -0.39 is 0 Å². The first-order valence-corrected chi connectivity index (χ1v) is 23.7. The molecule has 6 heteroatoms. The predicted molar refractivity (Wildman–Crippen MR) is 281 cm³/mol. The highest BCUT2D eigenvalue weighted by molar-refractivity contribution is 5.58. The minimum absolute atomic E-state index is 0.300. The molecule has 0 fully saturated rings. The van der Waals surface area contributed by atoms with Crippen LogP contribution in [0.4, 0.5) is 0 Å². The molecule has 0 amide bonds. The molecule has 0 saturated carbocycles. The van der Waals surface area contributed by atoms with Gasteiger partial charge in [-0.2, -0.15) is 0 Å². The minimum Gasteiger partial charge on any atom is -0.457 e. The summed E-state index contributed by atoms with van der Waals surface area (Å²) in [4.78, 5) is 0. The van der Waals surface area contributed by atoms with Crippen LogP contribution in [0.25, 0.3) is 0 Å². The molecular formula is C63H64O6. The Morgan fingerprint density at radius 1 is 0.232 bits per heavy atom. The van der Waals surface area contributed by atoms with E-state index in [1.165, 1.54) is 11.1 Å². The van der Waals surface area contributed by atoms with Gasteiger partial charge in [-0.3, -0.25) is 0 Å². The zero-order valence-corrected chi connectivity index (χ0v) is 42.7. The fraction of sp³-hybridized carbons (Fsp3) is 0.238. The molecule has 0 N–H and O–H groups in total. The largest absolute Gasteiger partial charge is 0.457 e. The molecule has 8 aromatic rings. The summed E-state index contributed by atoms with van der Waals surface area (Å²) in [5, 5.41) is 0. The maximum atomic E-state index is 6.69. The molecule has 0 aromatic heterocycles. The third-order valence-corrected chi connectivity index (χ3v) is 12.9.